The Kier molecular flexibility index (Phi) is 6.39. The summed E-state index contributed by atoms with van der Waals surface area (Å²) in [6.45, 7) is 3.68. The van der Waals surface area contributed by atoms with Gasteiger partial charge in [-0.05, 0) is 13.8 Å². The van der Waals surface area contributed by atoms with Crippen LogP contribution in [-0.4, -0.2) is 25.2 Å². The first-order chi connectivity index (χ1) is 6.64. The second kappa shape index (κ2) is 6.72. The van der Waals surface area contributed by atoms with Crippen molar-refractivity contribution in [3.05, 3.63) is 0 Å². The molecule has 0 aliphatic rings. The van der Waals surface area contributed by atoms with E-state index >= 15 is 0 Å². The molecule has 1 unspecified atom stereocenters. The summed E-state index contributed by atoms with van der Waals surface area (Å²) in [4.78, 5) is 10.6. The molecule has 0 aromatic rings. The Morgan fingerprint density at radius 2 is 1.93 bits per heavy atom. The topological polar surface area (TPSA) is 76.4 Å². The number of hydrogen-bond donors (Lipinski definition) is 0. The van der Waals surface area contributed by atoms with Crippen molar-refractivity contribution in [2.45, 2.75) is 25.9 Å². The number of nitrogens with zero attached hydrogens (tertiary/aromatic N) is 1. The lowest BCUT2D eigenvalue weighted by atomic mass is 10.4. The van der Waals surface area contributed by atoms with Crippen molar-refractivity contribution in [1.82, 2.24) is 0 Å². The Morgan fingerprint density at radius 3 is 2.21 bits per heavy atom. The molecule has 5 nitrogen and oxygen atoms in total. The summed E-state index contributed by atoms with van der Waals surface area (Å²) in [5, 5.41) is 8.43. The van der Waals surface area contributed by atoms with Gasteiger partial charge in [0.25, 0.3) is 0 Å². The van der Waals surface area contributed by atoms with Crippen LogP contribution >= 0.6 is 7.60 Å². The molecule has 6 heteroatoms. The van der Waals surface area contributed by atoms with Crippen LogP contribution in [0.25, 0.3) is 0 Å². The normalized spacial score (nSPS) is 13.2. The maximum Gasteiger partial charge on any atom is 0.341 e. The molecular weight excluding hydrogens is 205 g/mol. The minimum Gasteiger partial charge on any atom is -0.308 e. The predicted octanol–water partition coefficient (Wildman–Crippen LogP) is 1.73. The number of rotatable bonds is 7. The van der Waals surface area contributed by atoms with Crippen LogP contribution in [0.3, 0.4) is 0 Å². The highest BCUT2D eigenvalue weighted by atomic mass is 31.2. The molecule has 0 amide bonds. The Labute approximate surface area is 83.5 Å². The van der Waals surface area contributed by atoms with Gasteiger partial charge in [0, 0.05) is 0 Å². The maximum atomic E-state index is 11.9. The molecule has 0 fully saturated rings. The van der Waals surface area contributed by atoms with E-state index in [-0.39, 0.29) is 19.6 Å². The Morgan fingerprint density at radius 1 is 1.43 bits per heavy atom. The third-order valence-corrected chi connectivity index (χ3v) is 3.83. The first-order valence-corrected chi connectivity index (χ1v) is 5.96. The van der Waals surface area contributed by atoms with Crippen molar-refractivity contribution in [3.8, 4) is 6.07 Å². The first-order valence-electron chi connectivity index (χ1n) is 4.35. The average Bonchev–Trinajstić information content (AvgIpc) is 2.14. The van der Waals surface area contributed by atoms with Gasteiger partial charge in [-0.1, -0.05) is 0 Å². The molecular formula is C8H14NO4P. The molecule has 0 rings (SSSR count). The van der Waals surface area contributed by atoms with E-state index < -0.39 is 13.3 Å². The Balaban J connectivity index is 4.67. The zero-order chi connectivity index (χ0) is 11.0. The molecule has 0 bridgehead atoms. The molecule has 0 aliphatic heterocycles. The van der Waals surface area contributed by atoms with E-state index in [2.05, 4.69) is 0 Å². The van der Waals surface area contributed by atoms with E-state index in [0.717, 1.165) is 0 Å². The molecule has 0 saturated carbocycles. The van der Waals surface area contributed by atoms with Gasteiger partial charge in [-0.3, -0.25) is 4.57 Å². The van der Waals surface area contributed by atoms with Gasteiger partial charge >= 0.3 is 7.60 Å². The largest absolute Gasteiger partial charge is 0.341 e. The Hall–Kier alpha value is -0.690. The summed E-state index contributed by atoms with van der Waals surface area (Å²) in [6, 6.07) is 1.78. The standard InChI is InChI=1S/C8H14NO4P/c1-3-12-14(11,13-4-2)8(7-10)5-6-9/h7-8H,3-5H2,1-2H3. The number of aldehydes is 1. The molecule has 0 N–H and O–H groups in total. The van der Waals surface area contributed by atoms with Gasteiger partial charge in [0.05, 0.1) is 25.7 Å². The van der Waals surface area contributed by atoms with E-state index in [1.54, 1.807) is 19.9 Å². The summed E-state index contributed by atoms with van der Waals surface area (Å²) >= 11 is 0. The van der Waals surface area contributed by atoms with E-state index in [0.29, 0.717) is 6.29 Å². The molecule has 0 spiro atoms. The predicted molar refractivity (Wildman–Crippen MR) is 50.9 cm³/mol. The molecule has 80 valence electrons. The summed E-state index contributed by atoms with van der Waals surface area (Å²) in [7, 11) is -3.44. The van der Waals surface area contributed by atoms with Gasteiger partial charge in [0.15, 0.2) is 0 Å². The Bertz CT molecular complexity index is 251. The summed E-state index contributed by atoms with van der Waals surface area (Å²) < 4.78 is 21.8. The lowest BCUT2D eigenvalue weighted by Gasteiger charge is -2.20. The highest BCUT2D eigenvalue weighted by Crippen LogP contribution is 2.53. The fourth-order valence-corrected chi connectivity index (χ4v) is 2.55. The van der Waals surface area contributed by atoms with E-state index in [9.17, 15) is 9.36 Å². The summed E-state index contributed by atoms with van der Waals surface area (Å²) in [6.07, 6.45) is 0.302. The van der Waals surface area contributed by atoms with Gasteiger partial charge in [0.1, 0.15) is 11.9 Å². The van der Waals surface area contributed by atoms with Crippen LogP contribution in [0, 0.1) is 11.3 Å². The molecule has 0 aromatic carbocycles. The molecule has 0 aromatic heterocycles. The van der Waals surface area contributed by atoms with Crippen LogP contribution in [0.15, 0.2) is 0 Å². The highest BCUT2D eigenvalue weighted by molar-refractivity contribution is 7.55. The molecule has 0 heterocycles. The number of carbonyl (C=O) groups is 1. The van der Waals surface area contributed by atoms with Gasteiger partial charge in [-0.25, -0.2) is 0 Å². The lowest BCUT2D eigenvalue weighted by molar-refractivity contribution is -0.107. The van der Waals surface area contributed by atoms with Crippen LogP contribution < -0.4 is 0 Å². The monoisotopic (exact) mass is 219 g/mol. The van der Waals surface area contributed by atoms with Crippen molar-refractivity contribution >= 4 is 13.9 Å². The molecule has 0 aliphatic carbocycles. The third kappa shape index (κ3) is 3.59. The van der Waals surface area contributed by atoms with Crippen molar-refractivity contribution < 1.29 is 18.4 Å². The minimum atomic E-state index is -3.44. The quantitative estimate of drug-likeness (QED) is 0.481. The first kappa shape index (κ1) is 13.3. The second-order valence-corrected chi connectivity index (χ2v) is 4.70. The van der Waals surface area contributed by atoms with E-state index in [1.807, 2.05) is 0 Å². The SMILES string of the molecule is CCOP(=O)(OCC)C(C=O)CC#N. The minimum absolute atomic E-state index is 0.152. The van der Waals surface area contributed by atoms with Crippen molar-refractivity contribution in [1.29, 1.82) is 5.26 Å². The molecule has 1 atom stereocenters. The average molecular weight is 219 g/mol. The smallest absolute Gasteiger partial charge is 0.308 e. The molecule has 0 radical (unpaired) electrons. The van der Waals surface area contributed by atoms with E-state index in [1.165, 1.54) is 0 Å². The lowest BCUT2D eigenvalue weighted by Crippen LogP contribution is -2.14. The number of hydrogen-bond acceptors (Lipinski definition) is 5. The summed E-state index contributed by atoms with van der Waals surface area (Å²) in [5.41, 5.74) is -0.979. The number of carbonyl (C=O) groups excluding carboxylic acids is 1. The van der Waals surface area contributed by atoms with Gasteiger partial charge in [-0.2, -0.15) is 5.26 Å². The second-order valence-electron chi connectivity index (χ2n) is 2.44. The summed E-state index contributed by atoms with van der Waals surface area (Å²) in [5.74, 6) is 0. The van der Waals surface area contributed by atoms with Crippen LogP contribution in [0.2, 0.25) is 0 Å². The van der Waals surface area contributed by atoms with Crippen LogP contribution in [0.4, 0.5) is 0 Å². The van der Waals surface area contributed by atoms with Crippen LogP contribution in [0.1, 0.15) is 20.3 Å². The zero-order valence-corrected chi connectivity index (χ0v) is 9.20. The number of nitriles is 1. The zero-order valence-electron chi connectivity index (χ0n) is 8.30. The fourth-order valence-electron chi connectivity index (χ4n) is 0.917. The van der Waals surface area contributed by atoms with Crippen molar-refractivity contribution in [2.75, 3.05) is 13.2 Å². The maximum absolute atomic E-state index is 11.9. The molecule has 0 saturated heterocycles. The highest BCUT2D eigenvalue weighted by Gasteiger charge is 2.35. The fraction of sp³-hybridized carbons (Fsp3) is 0.750. The molecule has 14 heavy (non-hydrogen) atoms. The van der Waals surface area contributed by atoms with Gasteiger partial charge in [-0.15, -0.1) is 0 Å². The van der Waals surface area contributed by atoms with Crippen molar-refractivity contribution in [3.63, 3.8) is 0 Å². The van der Waals surface area contributed by atoms with Crippen molar-refractivity contribution in [2.24, 2.45) is 0 Å². The van der Waals surface area contributed by atoms with Crippen LogP contribution in [-0.2, 0) is 18.4 Å². The van der Waals surface area contributed by atoms with E-state index in [4.69, 9.17) is 14.3 Å². The van der Waals surface area contributed by atoms with Crippen LogP contribution in [0.5, 0.6) is 0 Å². The third-order valence-electron chi connectivity index (χ3n) is 1.48. The van der Waals surface area contributed by atoms with Gasteiger partial charge < -0.3 is 13.8 Å². The van der Waals surface area contributed by atoms with Gasteiger partial charge in [0.2, 0.25) is 0 Å².